The van der Waals surface area contributed by atoms with Crippen molar-refractivity contribution in [3.05, 3.63) is 23.8 Å². The molecule has 25 heavy (non-hydrogen) atoms. The topological polar surface area (TPSA) is 55.8 Å². The number of rotatable bonds is 3. The molecule has 0 aromatic heterocycles. The molecule has 1 aromatic rings. The molecule has 2 heterocycles. The summed E-state index contributed by atoms with van der Waals surface area (Å²) >= 11 is 5.92. The first-order valence-corrected chi connectivity index (χ1v) is 9.09. The molecule has 0 radical (unpaired) electrons. The zero-order chi connectivity index (χ0) is 18.2. The van der Waals surface area contributed by atoms with Gasteiger partial charge in [-0.05, 0) is 32.0 Å². The molecule has 1 fully saturated rings. The minimum atomic E-state index is -0.571. The van der Waals surface area contributed by atoms with E-state index in [9.17, 15) is 9.59 Å². The van der Waals surface area contributed by atoms with Crippen molar-refractivity contribution in [2.24, 2.45) is 5.41 Å². The summed E-state index contributed by atoms with van der Waals surface area (Å²) in [4.78, 5) is 27.0. The second-order valence-corrected chi connectivity index (χ2v) is 7.82. The number of methoxy groups -OCH3 is 1. The SMILES string of the molecule is COc1ccc2c(c1)C(=O)CC1(CCN(C(=O)C(C)(C)CCl)CC1)O2. The first-order valence-electron chi connectivity index (χ1n) is 8.56. The minimum absolute atomic E-state index is 0.0598. The lowest BCUT2D eigenvalue weighted by Gasteiger charge is -2.45. The molecule has 5 nitrogen and oxygen atoms in total. The van der Waals surface area contributed by atoms with Crippen molar-refractivity contribution in [2.45, 2.75) is 38.7 Å². The summed E-state index contributed by atoms with van der Waals surface area (Å²) < 4.78 is 11.4. The number of hydrogen-bond acceptors (Lipinski definition) is 4. The van der Waals surface area contributed by atoms with E-state index < -0.39 is 11.0 Å². The molecule has 3 rings (SSSR count). The number of Topliss-reactive ketones (excluding diaryl/α,β-unsaturated/α-hetero) is 1. The van der Waals surface area contributed by atoms with Crippen LogP contribution < -0.4 is 9.47 Å². The van der Waals surface area contributed by atoms with Gasteiger partial charge in [-0.1, -0.05) is 0 Å². The number of carbonyl (C=O) groups is 2. The molecule has 0 N–H and O–H groups in total. The number of halogens is 1. The second-order valence-electron chi connectivity index (χ2n) is 7.56. The molecule has 1 spiro atoms. The van der Waals surface area contributed by atoms with Crippen molar-refractivity contribution < 1.29 is 19.1 Å². The van der Waals surface area contributed by atoms with E-state index in [0.717, 1.165) is 0 Å². The fourth-order valence-electron chi connectivity index (χ4n) is 3.48. The number of ketones is 1. The lowest BCUT2D eigenvalue weighted by Crippen LogP contribution is -2.54. The van der Waals surface area contributed by atoms with Gasteiger partial charge in [0.2, 0.25) is 5.91 Å². The van der Waals surface area contributed by atoms with Gasteiger partial charge >= 0.3 is 0 Å². The molecule has 2 aliphatic rings. The summed E-state index contributed by atoms with van der Waals surface area (Å²) in [7, 11) is 1.58. The Morgan fingerprint density at radius 1 is 1.36 bits per heavy atom. The highest BCUT2D eigenvalue weighted by atomic mass is 35.5. The third kappa shape index (κ3) is 3.34. The van der Waals surface area contributed by atoms with Crippen LogP contribution in [0.4, 0.5) is 0 Å². The van der Waals surface area contributed by atoms with E-state index in [-0.39, 0.29) is 17.6 Å². The van der Waals surface area contributed by atoms with Gasteiger partial charge in [0, 0.05) is 31.8 Å². The quantitative estimate of drug-likeness (QED) is 0.771. The predicted molar refractivity (Wildman–Crippen MR) is 95.6 cm³/mol. The highest BCUT2D eigenvalue weighted by Gasteiger charge is 2.45. The van der Waals surface area contributed by atoms with Gasteiger partial charge in [0.05, 0.1) is 24.5 Å². The number of piperidine rings is 1. The number of alkyl halides is 1. The molecule has 2 aliphatic heterocycles. The number of amides is 1. The first kappa shape index (κ1) is 18.1. The van der Waals surface area contributed by atoms with Gasteiger partial charge in [0.1, 0.15) is 17.1 Å². The van der Waals surface area contributed by atoms with Gasteiger partial charge in [-0.3, -0.25) is 9.59 Å². The number of ether oxygens (including phenoxy) is 2. The van der Waals surface area contributed by atoms with Crippen LogP contribution in [0.15, 0.2) is 18.2 Å². The van der Waals surface area contributed by atoms with Crippen LogP contribution in [0.5, 0.6) is 11.5 Å². The fourth-order valence-corrected chi connectivity index (χ4v) is 3.60. The predicted octanol–water partition coefficient (Wildman–Crippen LogP) is 3.29. The van der Waals surface area contributed by atoms with Crippen LogP contribution >= 0.6 is 11.6 Å². The molecule has 1 aromatic carbocycles. The standard InChI is InChI=1S/C19H24ClNO4/c1-18(2,12-20)17(23)21-8-6-19(7-9-21)11-15(22)14-10-13(24-3)4-5-16(14)25-19/h4-5,10H,6-9,11-12H2,1-3H3. The van der Waals surface area contributed by atoms with Crippen molar-refractivity contribution >= 4 is 23.3 Å². The summed E-state index contributed by atoms with van der Waals surface area (Å²) in [5.41, 5.74) is -0.509. The van der Waals surface area contributed by atoms with E-state index in [1.165, 1.54) is 0 Å². The van der Waals surface area contributed by atoms with Crippen molar-refractivity contribution in [2.75, 3.05) is 26.1 Å². The van der Waals surface area contributed by atoms with E-state index in [1.54, 1.807) is 25.3 Å². The largest absolute Gasteiger partial charge is 0.497 e. The molecule has 1 saturated heterocycles. The van der Waals surface area contributed by atoms with Crippen LogP contribution in [0.1, 0.15) is 43.5 Å². The molecule has 0 atom stereocenters. The summed E-state index contributed by atoms with van der Waals surface area (Å²) in [6, 6.07) is 5.32. The second kappa shape index (κ2) is 6.52. The van der Waals surface area contributed by atoms with Gasteiger partial charge in [0.25, 0.3) is 0 Å². The van der Waals surface area contributed by atoms with Crippen molar-refractivity contribution in [1.29, 1.82) is 0 Å². The summed E-state index contributed by atoms with van der Waals surface area (Å²) in [5.74, 6) is 1.68. The van der Waals surface area contributed by atoms with E-state index in [4.69, 9.17) is 21.1 Å². The summed E-state index contributed by atoms with van der Waals surface area (Å²) in [5, 5.41) is 0. The number of carbonyl (C=O) groups excluding carboxylic acids is 2. The van der Waals surface area contributed by atoms with E-state index >= 15 is 0 Å². The van der Waals surface area contributed by atoms with Crippen LogP contribution in [0, 0.1) is 5.41 Å². The highest BCUT2D eigenvalue weighted by molar-refractivity contribution is 6.19. The maximum Gasteiger partial charge on any atom is 0.229 e. The van der Waals surface area contributed by atoms with Gasteiger partial charge in [-0.15, -0.1) is 11.6 Å². The third-order valence-corrected chi connectivity index (χ3v) is 5.84. The molecule has 0 bridgehead atoms. The Bertz CT molecular complexity index is 693. The van der Waals surface area contributed by atoms with Gasteiger partial charge in [0.15, 0.2) is 5.78 Å². The minimum Gasteiger partial charge on any atom is -0.497 e. The van der Waals surface area contributed by atoms with Gasteiger partial charge in [-0.2, -0.15) is 0 Å². The van der Waals surface area contributed by atoms with Crippen LogP contribution in [-0.2, 0) is 4.79 Å². The Morgan fingerprint density at radius 2 is 2.04 bits per heavy atom. The highest BCUT2D eigenvalue weighted by Crippen LogP contribution is 2.41. The summed E-state index contributed by atoms with van der Waals surface area (Å²) in [6.45, 7) is 4.88. The normalized spacial score (nSPS) is 19.4. The van der Waals surface area contributed by atoms with Crippen molar-refractivity contribution in [3.63, 3.8) is 0 Å². The third-order valence-electron chi connectivity index (χ3n) is 5.17. The molecule has 1 amide bonds. The van der Waals surface area contributed by atoms with E-state index in [0.29, 0.717) is 49.4 Å². The van der Waals surface area contributed by atoms with E-state index in [2.05, 4.69) is 0 Å². The molecule has 136 valence electrons. The maximum atomic E-state index is 12.6. The Kier molecular flexibility index (Phi) is 4.71. The van der Waals surface area contributed by atoms with Gasteiger partial charge < -0.3 is 14.4 Å². The molecule has 0 aliphatic carbocycles. The van der Waals surface area contributed by atoms with Crippen LogP contribution in [0.3, 0.4) is 0 Å². The van der Waals surface area contributed by atoms with Gasteiger partial charge in [-0.25, -0.2) is 0 Å². The van der Waals surface area contributed by atoms with Crippen LogP contribution in [0.2, 0.25) is 0 Å². The number of likely N-dealkylation sites (tertiary alicyclic amines) is 1. The number of benzene rings is 1. The average molecular weight is 366 g/mol. The Balaban J connectivity index is 1.74. The fraction of sp³-hybridized carbons (Fsp3) is 0.579. The smallest absolute Gasteiger partial charge is 0.229 e. The lowest BCUT2D eigenvalue weighted by atomic mass is 9.81. The zero-order valence-corrected chi connectivity index (χ0v) is 15.7. The Labute approximate surface area is 153 Å². The zero-order valence-electron chi connectivity index (χ0n) is 14.9. The lowest BCUT2D eigenvalue weighted by molar-refractivity contribution is -0.142. The molecular weight excluding hydrogens is 342 g/mol. The van der Waals surface area contributed by atoms with Crippen LogP contribution in [0.25, 0.3) is 0 Å². The maximum absolute atomic E-state index is 12.6. The van der Waals surface area contributed by atoms with Crippen LogP contribution in [-0.4, -0.2) is 48.3 Å². The van der Waals surface area contributed by atoms with Crippen molar-refractivity contribution in [1.82, 2.24) is 4.90 Å². The molecular formula is C19H24ClNO4. The Morgan fingerprint density at radius 3 is 2.64 bits per heavy atom. The number of nitrogens with zero attached hydrogens (tertiary/aromatic N) is 1. The number of fused-ring (bicyclic) bond motifs is 1. The average Bonchev–Trinajstić information content (AvgIpc) is 2.61. The van der Waals surface area contributed by atoms with E-state index in [1.807, 2.05) is 18.7 Å². The number of hydrogen-bond donors (Lipinski definition) is 0. The molecule has 0 saturated carbocycles. The summed E-state index contributed by atoms with van der Waals surface area (Å²) in [6.07, 6.45) is 1.64. The van der Waals surface area contributed by atoms with Crippen molar-refractivity contribution in [3.8, 4) is 11.5 Å². The first-order chi connectivity index (χ1) is 11.8. The monoisotopic (exact) mass is 365 g/mol. The Hall–Kier alpha value is -1.75. The molecule has 0 unspecified atom stereocenters. The molecule has 6 heteroatoms.